The van der Waals surface area contributed by atoms with Gasteiger partial charge in [-0.2, -0.15) is 0 Å². The summed E-state index contributed by atoms with van der Waals surface area (Å²) >= 11 is 0. The van der Waals surface area contributed by atoms with Crippen molar-refractivity contribution in [3.05, 3.63) is 60.3 Å². The number of nitrogens with zero attached hydrogens (tertiary/aromatic N) is 1. The van der Waals surface area contributed by atoms with E-state index in [9.17, 15) is 9.59 Å². The Bertz CT molecular complexity index is 923. The van der Waals surface area contributed by atoms with Gasteiger partial charge in [0.2, 0.25) is 0 Å². The topological polar surface area (TPSA) is 67.9 Å². The first-order chi connectivity index (χ1) is 14.7. The number of imide groups is 1. The predicted molar refractivity (Wildman–Crippen MR) is 118 cm³/mol. The number of carbonyl (C=O) groups is 2. The number of unbranched alkanes of at least 4 members (excludes halogenated alkanes) is 2. The maximum absolute atomic E-state index is 13.1. The van der Waals surface area contributed by atoms with Gasteiger partial charge in [-0.3, -0.25) is 9.59 Å². The minimum Gasteiger partial charge on any atom is -0.491 e. The van der Waals surface area contributed by atoms with Crippen molar-refractivity contribution < 1.29 is 19.1 Å². The zero-order valence-corrected chi connectivity index (χ0v) is 17.5. The van der Waals surface area contributed by atoms with Crippen molar-refractivity contribution in [2.75, 3.05) is 23.4 Å². The monoisotopic (exact) mass is 408 g/mol. The lowest BCUT2D eigenvalue weighted by Crippen LogP contribution is -2.32. The van der Waals surface area contributed by atoms with E-state index in [4.69, 9.17) is 9.47 Å². The molecule has 0 atom stereocenters. The van der Waals surface area contributed by atoms with Crippen LogP contribution in [0.25, 0.3) is 0 Å². The van der Waals surface area contributed by atoms with Crippen LogP contribution < -0.4 is 19.7 Å². The summed E-state index contributed by atoms with van der Waals surface area (Å²) in [5.41, 5.74) is 1.30. The fourth-order valence-electron chi connectivity index (χ4n) is 3.05. The Balaban J connectivity index is 1.77. The molecule has 2 aromatic carbocycles. The number of para-hydroxylation sites is 4. The molecular formula is C24H28N2O4. The van der Waals surface area contributed by atoms with Crippen LogP contribution in [0.5, 0.6) is 11.5 Å². The van der Waals surface area contributed by atoms with Gasteiger partial charge in [-0.1, -0.05) is 51.0 Å². The molecule has 0 unspecified atom stereocenters. The summed E-state index contributed by atoms with van der Waals surface area (Å²) in [7, 11) is 0. The van der Waals surface area contributed by atoms with Crippen LogP contribution >= 0.6 is 0 Å². The lowest BCUT2D eigenvalue weighted by Gasteiger charge is -2.19. The zero-order chi connectivity index (χ0) is 21.3. The van der Waals surface area contributed by atoms with Crippen molar-refractivity contribution in [3.8, 4) is 11.5 Å². The first kappa shape index (κ1) is 21.4. The number of ether oxygens (including phenoxy) is 2. The third-order valence-electron chi connectivity index (χ3n) is 4.70. The van der Waals surface area contributed by atoms with Gasteiger partial charge in [0, 0.05) is 6.08 Å². The number of carbonyl (C=O) groups excluding carboxylic acids is 2. The van der Waals surface area contributed by atoms with E-state index >= 15 is 0 Å². The zero-order valence-electron chi connectivity index (χ0n) is 17.5. The van der Waals surface area contributed by atoms with Gasteiger partial charge >= 0.3 is 0 Å². The van der Waals surface area contributed by atoms with E-state index in [1.54, 1.807) is 18.2 Å². The first-order valence-electron chi connectivity index (χ1n) is 10.5. The maximum Gasteiger partial charge on any atom is 0.282 e. The quantitative estimate of drug-likeness (QED) is 0.422. The van der Waals surface area contributed by atoms with Crippen molar-refractivity contribution in [2.24, 2.45) is 0 Å². The van der Waals surface area contributed by atoms with Gasteiger partial charge in [0.15, 0.2) is 0 Å². The number of nitrogens with one attached hydrogen (secondary N) is 1. The number of anilines is 2. The molecule has 3 rings (SSSR count). The molecular weight excluding hydrogens is 380 g/mol. The number of hydrogen-bond acceptors (Lipinski definition) is 5. The fraction of sp³-hybridized carbons (Fsp3) is 0.333. The smallest absolute Gasteiger partial charge is 0.282 e. The third kappa shape index (κ3) is 5.00. The Morgan fingerprint density at radius 3 is 2.13 bits per heavy atom. The van der Waals surface area contributed by atoms with Crippen molar-refractivity contribution in [3.63, 3.8) is 0 Å². The summed E-state index contributed by atoms with van der Waals surface area (Å²) < 4.78 is 11.6. The van der Waals surface area contributed by atoms with Crippen LogP contribution in [0, 0.1) is 0 Å². The van der Waals surface area contributed by atoms with Gasteiger partial charge < -0.3 is 14.8 Å². The minimum atomic E-state index is -0.421. The Morgan fingerprint density at radius 2 is 1.43 bits per heavy atom. The Labute approximate surface area is 177 Å². The highest BCUT2D eigenvalue weighted by Crippen LogP contribution is 2.33. The number of rotatable bonds is 11. The highest BCUT2D eigenvalue weighted by atomic mass is 16.5. The van der Waals surface area contributed by atoms with Crippen LogP contribution in [-0.2, 0) is 9.59 Å². The molecule has 2 aromatic rings. The van der Waals surface area contributed by atoms with E-state index in [0.29, 0.717) is 36.1 Å². The summed E-state index contributed by atoms with van der Waals surface area (Å²) in [6.45, 7) is 5.30. The standard InChI is InChI=1S/C24H28N2O4/c1-3-5-15-29-21-13-9-7-11-18(21)25-19-17-23(27)26(24(19)28)20-12-8-10-14-22(20)30-16-6-4-2/h7-14,17,25H,3-6,15-16H2,1-2H3. The van der Waals surface area contributed by atoms with E-state index in [2.05, 4.69) is 19.2 Å². The number of amides is 2. The van der Waals surface area contributed by atoms with E-state index in [1.165, 1.54) is 6.08 Å². The highest BCUT2D eigenvalue weighted by molar-refractivity contribution is 6.31. The van der Waals surface area contributed by atoms with E-state index < -0.39 is 11.8 Å². The maximum atomic E-state index is 13.1. The van der Waals surface area contributed by atoms with Crippen molar-refractivity contribution in [1.82, 2.24) is 0 Å². The van der Waals surface area contributed by atoms with Gasteiger partial charge in [-0.15, -0.1) is 0 Å². The molecule has 2 amide bonds. The van der Waals surface area contributed by atoms with Crippen LogP contribution in [0.15, 0.2) is 60.3 Å². The van der Waals surface area contributed by atoms with E-state index in [0.717, 1.165) is 30.6 Å². The molecule has 0 bridgehead atoms. The third-order valence-corrected chi connectivity index (χ3v) is 4.70. The summed E-state index contributed by atoms with van der Waals surface area (Å²) in [5.74, 6) is 0.341. The Morgan fingerprint density at radius 1 is 0.833 bits per heavy atom. The highest BCUT2D eigenvalue weighted by Gasteiger charge is 2.34. The van der Waals surface area contributed by atoms with Gasteiger partial charge in [0.25, 0.3) is 11.8 Å². The minimum absolute atomic E-state index is 0.204. The summed E-state index contributed by atoms with van der Waals surface area (Å²) in [4.78, 5) is 26.9. The van der Waals surface area contributed by atoms with Crippen LogP contribution in [0.1, 0.15) is 39.5 Å². The number of hydrogen-bond donors (Lipinski definition) is 1. The Hall–Kier alpha value is -3.28. The molecule has 0 fully saturated rings. The fourth-order valence-corrected chi connectivity index (χ4v) is 3.05. The van der Waals surface area contributed by atoms with E-state index in [-0.39, 0.29) is 5.70 Å². The lowest BCUT2D eigenvalue weighted by atomic mass is 10.2. The molecule has 0 aliphatic carbocycles. The molecule has 30 heavy (non-hydrogen) atoms. The average molecular weight is 408 g/mol. The van der Waals surface area contributed by atoms with Crippen LogP contribution in [0.2, 0.25) is 0 Å². The Kier molecular flexibility index (Phi) is 7.49. The second-order valence-electron chi connectivity index (χ2n) is 7.03. The van der Waals surface area contributed by atoms with Crippen molar-refractivity contribution in [2.45, 2.75) is 39.5 Å². The molecule has 0 spiro atoms. The van der Waals surface area contributed by atoms with Crippen molar-refractivity contribution in [1.29, 1.82) is 0 Å². The average Bonchev–Trinajstić information content (AvgIpc) is 3.03. The second-order valence-corrected chi connectivity index (χ2v) is 7.03. The van der Waals surface area contributed by atoms with Crippen LogP contribution in [0.3, 0.4) is 0 Å². The van der Waals surface area contributed by atoms with Gasteiger partial charge in [-0.25, -0.2) is 4.90 Å². The van der Waals surface area contributed by atoms with E-state index in [1.807, 2.05) is 30.3 Å². The molecule has 0 aromatic heterocycles. The SMILES string of the molecule is CCCCOc1ccccc1NC1=CC(=O)N(c2ccccc2OCCCC)C1=O. The summed E-state index contributed by atoms with van der Waals surface area (Å²) in [6.07, 6.45) is 5.18. The van der Waals surface area contributed by atoms with Crippen molar-refractivity contribution >= 4 is 23.2 Å². The molecule has 0 saturated heterocycles. The van der Waals surface area contributed by atoms with Gasteiger partial charge in [0.05, 0.1) is 24.6 Å². The van der Waals surface area contributed by atoms with Gasteiger partial charge in [0.1, 0.15) is 17.2 Å². The molecule has 1 N–H and O–H groups in total. The summed E-state index contributed by atoms with van der Waals surface area (Å²) in [6, 6.07) is 14.5. The van der Waals surface area contributed by atoms with Gasteiger partial charge in [-0.05, 0) is 37.1 Å². The normalized spacial score (nSPS) is 13.4. The number of benzene rings is 2. The molecule has 1 aliphatic rings. The lowest BCUT2D eigenvalue weighted by molar-refractivity contribution is -0.120. The molecule has 0 saturated carbocycles. The molecule has 6 heteroatoms. The first-order valence-corrected chi connectivity index (χ1v) is 10.5. The molecule has 6 nitrogen and oxygen atoms in total. The molecule has 158 valence electrons. The van der Waals surface area contributed by atoms with Crippen LogP contribution in [0.4, 0.5) is 11.4 Å². The largest absolute Gasteiger partial charge is 0.491 e. The summed E-state index contributed by atoms with van der Waals surface area (Å²) in [5, 5.41) is 3.07. The second kappa shape index (κ2) is 10.5. The molecule has 0 radical (unpaired) electrons. The van der Waals surface area contributed by atoms with Crippen LogP contribution in [-0.4, -0.2) is 25.0 Å². The molecule has 1 aliphatic heterocycles. The predicted octanol–water partition coefficient (Wildman–Crippen LogP) is 4.91. The molecule has 1 heterocycles.